The van der Waals surface area contributed by atoms with Gasteiger partial charge in [0, 0.05) is 25.5 Å². The lowest BCUT2D eigenvalue weighted by molar-refractivity contribution is 0.261. The van der Waals surface area contributed by atoms with Crippen LogP contribution in [0.2, 0.25) is 0 Å². The summed E-state index contributed by atoms with van der Waals surface area (Å²) in [6.45, 7) is 3.04. The first-order valence-corrected chi connectivity index (χ1v) is 8.57. The zero-order chi connectivity index (χ0) is 14.9. The smallest absolute Gasteiger partial charge is 0.243 e. The summed E-state index contributed by atoms with van der Waals surface area (Å²) in [5.74, 6) is 0. The van der Waals surface area contributed by atoms with Gasteiger partial charge in [-0.2, -0.15) is 9.40 Å². The van der Waals surface area contributed by atoms with Crippen LogP contribution >= 0.6 is 0 Å². The van der Waals surface area contributed by atoms with Gasteiger partial charge in [-0.15, -0.1) is 0 Å². The van der Waals surface area contributed by atoms with E-state index in [1.165, 1.54) is 0 Å². The van der Waals surface area contributed by atoms with Gasteiger partial charge in [0.1, 0.15) is 0 Å². The summed E-state index contributed by atoms with van der Waals surface area (Å²) in [4.78, 5) is 0.380. The third-order valence-corrected chi connectivity index (χ3v) is 5.89. The summed E-state index contributed by atoms with van der Waals surface area (Å²) < 4.78 is 28.7. The van der Waals surface area contributed by atoms with Crippen LogP contribution in [0.25, 0.3) is 0 Å². The summed E-state index contributed by atoms with van der Waals surface area (Å²) in [7, 11) is -3.37. The number of aryl methyl sites for hydroxylation is 1. The van der Waals surface area contributed by atoms with Gasteiger partial charge in [-0.05, 0) is 38.0 Å². The Morgan fingerprint density at radius 3 is 2.38 bits per heavy atom. The summed E-state index contributed by atoms with van der Waals surface area (Å²) in [6.07, 6.45) is 5.30. The van der Waals surface area contributed by atoms with E-state index < -0.39 is 10.0 Å². The van der Waals surface area contributed by atoms with Gasteiger partial charge >= 0.3 is 0 Å². The molecule has 112 valence electrons. The summed E-state index contributed by atoms with van der Waals surface area (Å²) in [5, 5.41) is 4.24. The van der Waals surface area contributed by atoms with Gasteiger partial charge < -0.3 is 0 Å². The molecule has 1 fully saturated rings. The van der Waals surface area contributed by atoms with E-state index in [4.69, 9.17) is 0 Å². The molecule has 0 saturated carbocycles. The maximum Gasteiger partial charge on any atom is 0.243 e. The van der Waals surface area contributed by atoms with Gasteiger partial charge in [0.2, 0.25) is 10.0 Å². The molecule has 1 aliphatic rings. The van der Waals surface area contributed by atoms with Crippen LogP contribution in [0.5, 0.6) is 0 Å². The van der Waals surface area contributed by atoms with E-state index in [1.54, 1.807) is 22.6 Å². The fraction of sp³-hybridized carbons (Fsp3) is 0.400. The zero-order valence-corrected chi connectivity index (χ0v) is 12.8. The molecule has 0 atom stereocenters. The predicted octanol–water partition coefficient (Wildman–Crippen LogP) is 2.22. The van der Waals surface area contributed by atoms with Crippen molar-refractivity contribution in [2.75, 3.05) is 13.1 Å². The van der Waals surface area contributed by atoms with Gasteiger partial charge in [0.05, 0.1) is 10.9 Å². The molecule has 0 bridgehead atoms. The number of nitrogens with zero attached hydrogens (tertiary/aromatic N) is 3. The van der Waals surface area contributed by atoms with Crippen molar-refractivity contribution in [2.24, 2.45) is 0 Å². The van der Waals surface area contributed by atoms with E-state index in [0.29, 0.717) is 24.0 Å². The number of rotatable bonds is 3. The second kappa shape index (κ2) is 5.61. The lowest BCUT2D eigenvalue weighted by Gasteiger charge is -2.31. The molecule has 0 unspecified atom stereocenters. The monoisotopic (exact) mass is 305 g/mol. The van der Waals surface area contributed by atoms with Gasteiger partial charge in [-0.25, -0.2) is 8.42 Å². The van der Waals surface area contributed by atoms with Crippen molar-refractivity contribution in [2.45, 2.75) is 30.7 Å². The molecule has 2 aromatic rings. The molecule has 2 heterocycles. The summed E-state index contributed by atoms with van der Waals surface area (Å²) >= 11 is 0. The van der Waals surface area contributed by atoms with Gasteiger partial charge in [-0.3, -0.25) is 4.68 Å². The molecule has 5 nitrogen and oxygen atoms in total. The first-order valence-electron chi connectivity index (χ1n) is 7.13. The van der Waals surface area contributed by atoms with Crippen LogP contribution in [0.4, 0.5) is 0 Å². The second-order valence-corrected chi connectivity index (χ2v) is 7.37. The van der Waals surface area contributed by atoms with Crippen LogP contribution in [0.15, 0.2) is 47.6 Å². The Hall–Kier alpha value is -1.66. The SMILES string of the molecule is Cc1ccc(S(=O)(=O)N2CCC(n3cccn3)CC2)cc1. The second-order valence-electron chi connectivity index (χ2n) is 5.43. The van der Waals surface area contributed by atoms with Crippen LogP contribution < -0.4 is 0 Å². The summed E-state index contributed by atoms with van der Waals surface area (Å²) in [6, 6.07) is 9.24. The van der Waals surface area contributed by atoms with Gasteiger partial charge in [-0.1, -0.05) is 17.7 Å². The summed E-state index contributed by atoms with van der Waals surface area (Å²) in [5.41, 5.74) is 1.06. The molecule has 21 heavy (non-hydrogen) atoms. The number of hydrogen-bond donors (Lipinski definition) is 0. The zero-order valence-electron chi connectivity index (χ0n) is 12.0. The largest absolute Gasteiger partial charge is 0.270 e. The van der Waals surface area contributed by atoms with E-state index in [1.807, 2.05) is 36.0 Å². The fourth-order valence-electron chi connectivity index (χ4n) is 2.70. The van der Waals surface area contributed by atoms with Crippen LogP contribution in [0, 0.1) is 6.92 Å². The Morgan fingerprint density at radius 2 is 1.81 bits per heavy atom. The highest BCUT2D eigenvalue weighted by molar-refractivity contribution is 7.89. The Labute approximate surface area is 125 Å². The first-order chi connectivity index (χ1) is 10.1. The van der Waals surface area contributed by atoms with E-state index in [-0.39, 0.29) is 0 Å². The Kier molecular flexibility index (Phi) is 3.82. The average molecular weight is 305 g/mol. The predicted molar refractivity (Wildman–Crippen MR) is 80.4 cm³/mol. The number of piperidine rings is 1. The van der Waals surface area contributed by atoms with Gasteiger partial charge in [0.25, 0.3) is 0 Å². The molecule has 1 aromatic carbocycles. The van der Waals surface area contributed by atoms with Crippen molar-refractivity contribution < 1.29 is 8.42 Å². The van der Waals surface area contributed by atoms with E-state index in [2.05, 4.69) is 5.10 Å². The highest BCUT2D eigenvalue weighted by Gasteiger charge is 2.29. The maximum atomic E-state index is 12.6. The molecular weight excluding hydrogens is 286 g/mol. The minimum atomic E-state index is -3.37. The Bertz CT molecular complexity index is 685. The third-order valence-electron chi connectivity index (χ3n) is 3.98. The molecule has 0 aliphatic carbocycles. The van der Waals surface area contributed by atoms with Crippen LogP contribution in [-0.4, -0.2) is 35.6 Å². The molecule has 0 amide bonds. The molecule has 6 heteroatoms. The average Bonchev–Trinajstić information content (AvgIpc) is 3.02. The molecule has 0 spiro atoms. The van der Waals surface area contributed by atoms with Crippen LogP contribution in [0.3, 0.4) is 0 Å². The quantitative estimate of drug-likeness (QED) is 0.873. The number of aromatic nitrogens is 2. The van der Waals surface area contributed by atoms with Crippen LogP contribution in [0.1, 0.15) is 24.4 Å². The maximum absolute atomic E-state index is 12.6. The number of sulfonamides is 1. The highest BCUT2D eigenvalue weighted by atomic mass is 32.2. The Morgan fingerprint density at radius 1 is 1.14 bits per heavy atom. The van der Waals surface area contributed by atoms with Crippen molar-refractivity contribution in [1.82, 2.24) is 14.1 Å². The van der Waals surface area contributed by atoms with Crippen LogP contribution in [-0.2, 0) is 10.0 Å². The van der Waals surface area contributed by atoms with Crippen molar-refractivity contribution in [3.63, 3.8) is 0 Å². The van der Waals surface area contributed by atoms with Gasteiger partial charge in [0.15, 0.2) is 0 Å². The molecule has 0 radical (unpaired) electrons. The molecule has 1 aromatic heterocycles. The topological polar surface area (TPSA) is 55.2 Å². The van der Waals surface area contributed by atoms with Crippen molar-refractivity contribution >= 4 is 10.0 Å². The third kappa shape index (κ3) is 2.87. The standard InChI is InChI=1S/C15H19N3O2S/c1-13-3-5-15(6-4-13)21(19,20)17-11-7-14(8-12-17)18-10-2-9-16-18/h2-6,9-10,14H,7-8,11-12H2,1H3. The Balaban J connectivity index is 1.72. The molecule has 1 saturated heterocycles. The van der Waals surface area contributed by atoms with Crippen molar-refractivity contribution in [3.8, 4) is 0 Å². The first kappa shape index (κ1) is 14.3. The molecule has 3 rings (SSSR count). The lowest BCUT2D eigenvalue weighted by atomic mass is 10.1. The molecule has 0 N–H and O–H groups in total. The van der Waals surface area contributed by atoms with E-state index in [9.17, 15) is 8.42 Å². The minimum Gasteiger partial charge on any atom is -0.270 e. The van der Waals surface area contributed by atoms with E-state index >= 15 is 0 Å². The number of hydrogen-bond acceptors (Lipinski definition) is 3. The molecular formula is C15H19N3O2S. The van der Waals surface area contributed by atoms with Crippen molar-refractivity contribution in [1.29, 1.82) is 0 Å². The van der Waals surface area contributed by atoms with E-state index in [0.717, 1.165) is 18.4 Å². The fourth-order valence-corrected chi connectivity index (χ4v) is 4.17. The van der Waals surface area contributed by atoms with Crippen molar-refractivity contribution in [3.05, 3.63) is 48.3 Å². The normalized spacial score (nSPS) is 18.0. The number of benzene rings is 1. The lowest BCUT2D eigenvalue weighted by Crippen LogP contribution is -2.39. The highest BCUT2D eigenvalue weighted by Crippen LogP contribution is 2.26. The molecule has 1 aliphatic heterocycles. The minimum absolute atomic E-state index is 0.296.